The van der Waals surface area contributed by atoms with Crippen LogP contribution in [0.5, 0.6) is 0 Å². The Morgan fingerprint density at radius 3 is 2.18 bits per heavy atom. The quantitative estimate of drug-likeness (QED) is 0.823. The highest BCUT2D eigenvalue weighted by atomic mass is 16.2. The number of nitrogens with two attached hydrogens (primary N) is 1. The van der Waals surface area contributed by atoms with Crippen LogP contribution in [0.2, 0.25) is 0 Å². The van der Waals surface area contributed by atoms with E-state index in [4.69, 9.17) is 5.73 Å². The molecule has 1 amide bonds. The topological polar surface area (TPSA) is 46.3 Å². The van der Waals surface area contributed by atoms with Crippen molar-refractivity contribution in [3.05, 3.63) is 0 Å². The van der Waals surface area contributed by atoms with Crippen LogP contribution in [-0.4, -0.2) is 29.9 Å². The summed E-state index contributed by atoms with van der Waals surface area (Å²) in [5, 5.41) is 0. The van der Waals surface area contributed by atoms with Crippen molar-refractivity contribution in [3.63, 3.8) is 0 Å². The van der Waals surface area contributed by atoms with Crippen LogP contribution < -0.4 is 5.73 Å². The van der Waals surface area contributed by atoms with Crippen LogP contribution in [0, 0.1) is 11.3 Å². The molecule has 0 radical (unpaired) electrons. The number of nitrogens with zero attached hydrogens (tertiary/aromatic N) is 1. The third-order valence-electron chi connectivity index (χ3n) is 4.38. The molecule has 0 bridgehead atoms. The smallest absolute Gasteiger partial charge is 0.226 e. The molecule has 0 aromatic rings. The number of hydrogen-bond acceptors (Lipinski definition) is 2. The molecule has 2 unspecified atom stereocenters. The van der Waals surface area contributed by atoms with Gasteiger partial charge in [-0.1, -0.05) is 20.8 Å². The zero-order valence-corrected chi connectivity index (χ0v) is 12.0. The Morgan fingerprint density at radius 1 is 1.29 bits per heavy atom. The Balaban J connectivity index is 2.54. The fourth-order valence-electron chi connectivity index (χ4n) is 2.50. The van der Waals surface area contributed by atoms with Crippen molar-refractivity contribution in [2.75, 3.05) is 7.05 Å². The standard InChI is InChI=1S/C14H28N2O/c1-10(11(2)15)13(17)16(5)12-6-8-14(3,4)9-7-12/h10-12H,6-9,15H2,1-5H3. The van der Waals surface area contributed by atoms with Crippen molar-refractivity contribution in [2.24, 2.45) is 17.1 Å². The lowest BCUT2D eigenvalue weighted by Crippen LogP contribution is -2.46. The number of amides is 1. The fourth-order valence-corrected chi connectivity index (χ4v) is 2.50. The summed E-state index contributed by atoms with van der Waals surface area (Å²) < 4.78 is 0. The second-order valence-electron chi connectivity index (χ2n) is 6.49. The Hall–Kier alpha value is -0.570. The minimum Gasteiger partial charge on any atom is -0.342 e. The van der Waals surface area contributed by atoms with Crippen molar-refractivity contribution < 1.29 is 4.79 Å². The molecule has 17 heavy (non-hydrogen) atoms. The summed E-state index contributed by atoms with van der Waals surface area (Å²) in [6.45, 7) is 8.46. The SMILES string of the molecule is CC(N)C(C)C(=O)N(C)C1CCC(C)(C)CC1. The molecule has 0 aromatic heterocycles. The summed E-state index contributed by atoms with van der Waals surface area (Å²) in [7, 11) is 1.93. The first-order valence-corrected chi connectivity index (χ1v) is 6.77. The molecule has 0 saturated heterocycles. The van der Waals surface area contributed by atoms with Gasteiger partial charge in [0.05, 0.1) is 5.92 Å². The molecular weight excluding hydrogens is 212 g/mol. The number of rotatable bonds is 3. The molecule has 1 rings (SSSR count). The maximum Gasteiger partial charge on any atom is 0.226 e. The van der Waals surface area contributed by atoms with Gasteiger partial charge in [0.15, 0.2) is 0 Å². The second-order valence-corrected chi connectivity index (χ2v) is 6.49. The summed E-state index contributed by atoms with van der Waals surface area (Å²) in [6.07, 6.45) is 4.67. The Kier molecular flexibility index (Phi) is 4.59. The highest BCUT2D eigenvalue weighted by Gasteiger charge is 2.32. The van der Waals surface area contributed by atoms with E-state index in [1.54, 1.807) is 0 Å². The van der Waals surface area contributed by atoms with Gasteiger partial charge in [0.25, 0.3) is 0 Å². The molecule has 0 heterocycles. The van der Waals surface area contributed by atoms with E-state index in [0.717, 1.165) is 12.8 Å². The maximum atomic E-state index is 12.2. The monoisotopic (exact) mass is 240 g/mol. The van der Waals surface area contributed by atoms with Gasteiger partial charge in [-0.15, -0.1) is 0 Å². The van der Waals surface area contributed by atoms with Gasteiger partial charge < -0.3 is 10.6 Å². The second kappa shape index (κ2) is 5.38. The van der Waals surface area contributed by atoms with E-state index >= 15 is 0 Å². The zero-order chi connectivity index (χ0) is 13.2. The molecule has 100 valence electrons. The normalized spacial score (nSPS) is 24.1. The molecule has 2 atom stereocenters. The van der Waals surface area contributed by atoms with Crippen molar-refractivity contribution in [1.82, 2.24) is 4.90 Å². The van der Waals surface area contributed by atoms with Gasteiger partial charge in [0, 0.05) is 19.1 Å². The van der Waals surface area contributed by atoms with E-state index in [1.165, 1.54) is 12.8 Å². The van der Waals surface area contributed by atoms with Gasteiger partial charge in [-0.05, 0) is 38.0 Å². The molecule has 1 aliphatic rings. The van der Waals surface area contributed by atoms with Gasteiger partial charge >= 0.3 is 0 Å². The maximum absolute atomic E-state index is 12.2. The average Bonchev–Trinajstić information content (AvgIpc) is 2.26. The Morgan fingerprint density at radius 2 is 1.76 bits per heavy atom. The van der Waals surface area contributed by atoms with Crippen LogP contribution in [0.25, 0.3) is 0 Å². The average molecular weight is 240 g/mol. The lowest BCUT2D eigenvalue weighted by atomic mass is 9.75. The van der Waals surface area contributed by atoms with E-state index in [1.807, 2.05) is 25.8 Å². The van der Waals surface area contributed by atoms with Crippen LogP contribution in [0.15, 0.2) is 0 Å². The van der Waals surface area contributed by atoms with Gasteiger partial charge in [0.2, 0.25) is 5.91 Å². The van der Waals surface area contributed by atoms with E-state index in [9.17, 15) is 4.79 Å². The van der Waals surface area contributed by atoms with E-state index < -0.39 is 0 Å². The molecule has 0 spiro atoms. The van der Waals surface area contributed by atoms with Gasteiger partial charge in [-0.25, -0.2) is 0 Å². The first-order chi connectivity index (χ1) is 7.74. The zero-order valence-electron chi connectivity index (χ0n) is 12.0. The third kappa shape index (κ3) is 3.70. The van der Waals surface area contributed by atoms with Crippen LogP contribution >= 0.6 is 0 Å². The fraction of sp³-hybridized carbons (Fsp3) is 0.929. The van der Waals surface area contributed by atoms with Crippen LogP contribution in [0.1, 0.15) is 53.4 Å². The van der Waals surface area contributed by atoms with Crippen molar-refractivity contribution in [1.29, 1.82) is 0 Å². The molecule has 0 aliphatic heterocycles. The van der Waals surface area contributed by atoms with Gasteiger partial charge in [-0.2, -0.15) is 0 Å². The minimum absolute atomic E-state index is 0.0648. The number of carbonyl (C=O) groups is 1. The molecule has 3 nitrogen and oxygen atoms in total. The highest BCUT2D eigenvalue weighted by molar-refractivity contribution is 5.79. The molecule has 1 aliphatic carbocycles. The lowest BCUT2D eigenvalue weighted by Gasteiger charge is -2.39. The van der Waals surface area contributed by atoms with Gasteiger partial charge in [-0.3, -0.25) is 4.79 Å². The highest BCUT2D eigenvalue weighted by Crippen LogP contribution is 2.36. The minimum atomic E-state index is -0.0741. The summed E-state index contributed by atoms with van der Waals surface area (Å²) in [5.41, 5.74) is 6.25. The summed E-state index contributed by atoms with van der Waals surface area (Å²) >= 11 is 0. The summed E-state index contributed by atoms with van der Waals surface area (Å²) in [6, 6.07) is 0.349. The first-order valence-electron chi connectivity index (χ1n) is 6.77. The molecule has 1 saturated carbocycles. The van der Waals surface area contributed by atoms with E-state index in [2.05, 4.69) is 13.8 Å². The predicted octanol–water partition coefficient (Wildman–Crippen LogP) is 2.40. The number of hydrogen-bond donors (Lipinski definition) is 1. The van der Waals surface area contributed by atoms with Gasteiger partial charge in [0.1, 0.15) is 0 Å². The van der Waals surface area contributed by atoms with Crippen LogP contribution in [0.3, 0.4) is 0 Å². The number of carbonyl (C=O) groups excluding carboxylic acids is 1. The summed E-state index contributed by atoms with van der Waals surface area (Å²) in [4.78, 5) is 14.1. The lowest BCUT2D eigenvalue weighted by molar-refractivity contribution is -0.137. The molecule has 2 N–H and O–H groups in total. The van der Waals surface area contributed by atoms with E-state index in [-0.39, 0.29) is 17.9 Å². The van der Waals surface area contributed by atoms with Crippen LogP contribution in [-0.2, 0) is 4.79 Å². The molecule has 3 heteroatoms. The van der Waals surface area contributed by atoms with Crippen molar-refractivity contribution >= 4 is 5.91 Å². The predicted molar refractivity (Wildman–Crippen MR) is 71.6 cm³/mol. The molecular formula is C14H28N2O. The molecule has 0 aromatic carbocycles. The Labute approximate surface area is 106 Å². The van der Waals surface area contributed by atoms with Crippen LogP contribution in [0.4, 0.5) is 0 Å². The first kappa shape index (κ1) is 14.5. The largest absolute Gasteiger partial charge is 0.342 e. The summed E-state index contributed by atoms with van der Waals surface area (Å²) in [5.74, 6) is 0.125. The third-order valence-corrected chi connectivity index (χ3v) is 4.38. The molecule has 1 fully saturated rings. The Bertz CT molecular complexity index is 263. The van der Waals surface area contributed by atoms with Crippen molar-refractivity contribution in [2.45, 2.75) is 65.5 Å². The van der Waals surface area contributed by atoms with E-state index in [0.29, 0.717) is 11.5 Å². The van der Waals surface area contributed by atoms with Crippen molar-refractivity contribution in [3.8, 4) is 0 Å².